The summed E-state index contributed by atoms with van der Waals surface area (Å²) in [6.07, 6.45) is 2.85. The van der Waals surface area contributed by atoms with Crippen LogP contribution in [0.4, 0.5) is 11.4 Å². The van der Waals surface area contributed by atoms with Gasteiger partial charge in [-0.1, -0.05) is 6.07 Å². The van der Waals surface area contributed by atoms with Crippen molar-refractivity contribution in [1.82, 2.24) is 9.88 Å². The number of ether oxygens (including phenoxy) is 1. The van der Waals surface area contributed by atoms with E-state index in [-0.39, 0.29) is 36.3 Å². The molecule has 0 spiro atoms. The maximum absolute atomic E-state index is 13.5. The van der Waals surface area contributed by atoms with E-state index < -0.39 is 0 Å². The van der Waals surface area contributed by atoms with Crippen molar-refractivity contribution in [3.05, 3.63) is 47.5 Å². The molecule has 1 aliphatic carbocycles. The molecule has 1 N–H and O–H groups in total. The number of carbonyl (C=O) groups is 3. The fourth-order valence-corrected chi connectivity index (χ4v) is 5.72. The van der Waals surface area contributed by atoms with Crippen LogP contribution in [0.3, 0.4) is 0 Å². The van der Waals surface area contributed by atoms with E-state index in [1.165, 1.54) is 7.11 Å². The minimum absolute atomic E-state index is 0.00333. The summed E-state index contributed by atoms with van der Waals surface area (Å²) in [5, 5.41) is 5.11. The molecule has 0 atom stereocenters. The second kappa shape index (κ2) is 11.2. The van der Waals surface area contributed by atoms with Crippen molar-refractivity contribution in [2.24, 2.45) is 5.92 Å². The summed E-state index contributed by atoms with van der Waals surface area (Å²) in [6, 6.07) is 11.7. The number of hydrogen-bond acceptors (Lipinski definition) is 6. The number of nitrogens with one attached hydrogen (secondary N) is 1. The summed E-state index contributed by atoms with van der Waals surface area (Å²) in [6.45, 7) is 2.54. The number of rotatable bonds is 8. The number of carbonyl (C=O) groups excluding carboxylic acids is 3. The third-order valence-electron chi connectivity index (χ3n) is 6.92. The van der Waals surface area contributed by atoms with Crippen molar-refractivity contribution in [3.8, 4) is 0 Å². The van der Waals surface area contributed by atoms with Crippen LogP contribution in [-0.4, -0.2) is 56.1 Å². The minimum Gasteiger partial charge on any atom is -0.469 e. The summed E-state index contributed by atoms with van der Waals surface area (Å²) in [4.78, 5) is 42.4. The predicted molar refractivity (Wildman–Crippen MR) is 144 cm³/mol. The Morgan fingerprint density at radius 2 is 1.81 bits per heavy atom. The average Bonchev–Trinajstić information content (AvgIpc) is 3.47. The van der Waals surface area contributed by atoms with Gasteiger partial charge in [-0.25, -0.2) is 0 Å². The lowest BCUT2D eigenvalue weighted by atomic mass is 9.86. The van der Waals surface area contributed by atoms with Gasteiger partial charge in [0.25, 0.3) is 5.91 Å². The van der Waals surface area contributed by atoms with Crippen molar-refractivity contribution >= 4 is 50.7 Å². The Bertz CT molecular complexity index is 1240. The Morgan fingerprint density at radius 1 is 1.08 bits per heavy atom. The molecule has 2 amide bonds. The molecule has 4 rings (SSSR count). The van der Waals surface area contributed by atoms with Gasteiger partial charge in [0.1, 0.15) is 12.2 Å². The zero-order valence-electron chi connectivity index (χ0n) is 21.3. The summed E-state index contributed by atoms with van der Waals surface area (Å²) in [5.74, 6) is -0.542. The molecule has 0 unspecified atom stereocenters. The van der Waals surface area contributed by atoms with Crippen LogP contribution in [0.1, 0.15) is 43.1 Å². The Balaban J connectivity index is 1.52. The number of amides is 2. The number of nitrogens with zero attached hydrogens (tertiary/aromatic N) is 3. The number of fused-ring (bicyclic) bond motifs is 1. The number of esters is 1. The molecule has 192 valence electrons. The highest BCUT2D eigenvalue weighted by molar-refractivity contribution is 7.17. The van der Waals surface area contributed by atoms with E-state index >= 15 is 0 Å². The number of aromatic nitrogens is 1. The molecule has 8 nitrogen and oxygen atoms in total. The van der Waals surface area contributed by atoms with Crippen molar-refractivity contribution in [2.45, 2.75) is 45.2 Å². The molecular formula is C27H34N4O4S. The van der Waals surface area contributed by atoms with Crippen LogP contribution in [-0.2, 0) is 20.9 Å². The molecule has 3 aromatic rings. The predicted octanol–water partition coefficient (Wildman–Crippen LogP) is 4.28. The number of anilines is 2. The maximum Gasteiger partial charge on any atom is 0.308 e. The highest BCUT2D eigenvalue weighted by Crippen LogP contribution is 2.29. The van der Waals surface area contributed by atoms with E-state index in [0.717, 1.165) is 34.4 Å². The molecule has 1 saturated carbocycles. The molecule has 1 aromatic carbocycles. The quantitative estimate of drug-likeness (QED) is 0.457. The van der Waals surface area contributed by atoms with E-state index in [4.69, 9.17) is 4.74 Å². The Labute approximate surface area is 215 Å². The van der Waals surface area contributed by atoms with Gasteiger partial charge >= 0.3 is 5.97 Å². The normalized spacial score (nSPS) is 17.6. The van der Waals surface area contributed by atoms with Gasteiger partial charge < -0.3 is 24.4 Å². The van der Waals surface area contributed by atoms with Gasteiger partial charge in [0.05, 0.1) is 23.2 Å². The third kappa shape index (κ3) is 5.41. The second-order valence-corrected chi connectivity index (χ2v) is 10.3. The molecule has 2 aromatic heterocycles. The van der Waals surface area contributed by atoms with Crippen LogP contribution in [0.5, 0.6) is 0 Å². The number of likely N-dealkylation sites (N-methyl/N-ethyl adjacent to an activating group) is 1. The first-order chi connectivity index (χ1) is 17.3. The average molecular weight is 511 g/mol. The second-order valence-electron chi connectivity index (χ2n) is 9.38. The number of hydrogen-bond donors (Lipinski definition) is 1. The minimum atomic E-state index is -0.189. The standard InChI is InChI=1S/C27H34N4O4S/c1-5-30(21-8-6-7-20(15-21)29(2)3)25(32)17-31-22-13-14-36-24(22)16-23(31)26(33)28-19-11-9-18(10-12-19)27(34)35-4/h6-8,13-16,18-19H,5,9-12,17H2,1-4H3,(H,28,33). The number of methoxy groups -OCH3 is 1. The third-order valence-corrected chi connectivity index (χ3v) is 7.77. The van der Waals surface area contributed by atoms with Crippen LogP contribution < -0.4 is 15.1 Å². The lowest BCUT2D eigenvalue weighted by Crippen LogP contribution is -2.40. The lowest BCUT2D eigenvalue weighted by Gasteiger charge is -2.28. The molecule has 9 heteroatoms. The van der Waals surface area contributed by atoms with Gasteiger partial charge in [-0.05, 0) is 68.3 Å². The molecule has 36 heavy (non-hydrogen) atoms. The lowest BCUT2D eigenvalue weighted by molar-refractivity contribution is -0.146. The molecule has 2 heterocycles. The van der Waals surface area contributed by atoms with Crippen LogP contribution in [0.15, 0.2) is 41.8 Å². The monoisotopic (exact) mass is 510 g/mol. The highest BCUT2D eigenvalue weighted by atomic mass is 32.1. The van der Waals surface area contributed by atoms with Gasteiger partial charge in [0, 0.05) is 38.1 Å². The van der Waals surface area contributed by atoms with E-state index in [1.807, 2.05) is 72.3 Å². The summed E-state index contributed by atoms with van der Waals surface area (Å²) in [5.41, 5.74) is 3.21. The van der Waals surface area contributed by atoms with Gasteiger partial charge in [0.15, 0.2) is 0 Å². The van der Waals surface area contributed by atoms with Gasteiger partial charge in [-0.3, -0.25) is 14.4 Å². The first-order valence-electron chi connectivity index (χ1n) is 12.4. The Morgan fingerprint density at radius 3 is 2.47 bits per heavy atom. The largest absolute Gasteiger partial charge is 0.469 e. The van der Waals surface area contributed by atoms with Gasteiger partial charge in [-0.15, -0.1) is 11.3 Å². The number of thiophene rings is 1. The SMILES string of the molecule is CCN(C(=O)Cn1c(C(=O)NC2CCC(C(=O)OC)CC2)cc2sccc21)c1cccc(N(C)C)c1. The fourth-order valence-electron chi connectivity index (χ4n) is 4.90. The maximum atomic E-state index is 13.5. The van der Waals surface area contributed by atoms with E-state index in [0.29, 0.717) is 25.1 Å². The van der Waals surface area contributed by atoms with Crippen LogP contribution in [0.2, 0.25) is 0 Å². The molecule has 0 saturated heterocycles. The highest BCUT2D eigenvalue weighted by Gasteiger charge is 2.29. The smallest absolute Gasteiger partial charge is 0.308 e. The van der Waals surface area contributed by atoms with Crippen molar-refractivity contribution in [3.63, 3.8) is 0 Å². The number of benzene rings is 1. The van der Waals surface area contributed by atoms with E-state index in [2.05, 4.69) is 5.32 Å². The molecule has 0 radical (unpaired) electrons. The fraction of sp³-hybridized carbons (Fsp3) is 0.444. The summed E-state index contributed by atoms with van der Waals surface area (Å²) < 4.78 is 7.66. The van der Waals surface area contributed by atoms with Crippen LogP contribution >= 0.6 is 11.3 Å². The Hall–Kier alpha value is -3.33. The topological polar surface area (TPSA) is 83.9 Å². The Kier molecular flexibility index (Phi) is 7.98. The molecule has 1 aliphatic rings. The van der Waals surface area contributed by atoms with E-state index in [9.17, 15) is 14.4 Å². The van der Waals surface area contributed by atoms with Gasteiger partial charge in [-0.2, -0.15) is 0 Å². The van der Waals surface area contributed by atoms with Crippen LogP contribution in [0.25, 0.3) is 10.2 Å². The zero-order chi connectivity index (χ0) is 25.8. The van der Waals surface area contributed by atoms with Crippen molar-refractivity contribution < 1.29 is 19.1 Å². The zero-order valence-corrected chi connectivity index (χ0v) is 22.1. The van der Waals surface area contributed by atoms with Crippen molar-refractivity contribution in [2.75, 3.05) is 37.5 Å². The first kappa shape index (κ1) is 25.8. The molecule has 0 bridgehead atoms. The molecule has 0 aliphatic heterocycles. The summed E-state index contributed by atoms with van der Waals surface area (Å²) >= 11 is 1.55. The van der Waals surface area contributed by atoms with Gasteiger partial charge in [0.2, 0.25) is 5.91 Å². The van der Waals surface area contributed by atoms with E-state index in [1.54, 1.807) is 16.2 Å². The molecule has 1 fully saturated rings. The summed E-state index contributed by atoms with van der Waals surface area (Å²) in [7, 11) is 5.35. The first-order valence-corrected chi connectivity index (χ1v) is 13.2. The molecular weight excluding hydrogens is 476 g/mol. The van der Waals surface area contributed by atoms with Crippen molar-refractivity contribution in [1.29, 1.82) is 0 Å². The van der Waals surface area contributed by atoms with Crippen LogP contribution in [0, 0.1) is 5.92 Å².